The van der Waals surface area contributed by atoms with Crippen LogP contribution in [0.15, 0.2) is 52.2 Å². The molecule has 1 unspecified atom stereocenters. The minimum atomic E-state index is -3.42. The van der Waals surface area contributed by atoms with E-state index in [1.807, 2.05) is 5.32 Å². The molecule has 32 heavy (non-hydrogen) atoms. The molecule has 1 aliphatic rings. The number of carbonyl (C=O) groups is 2. The Labute approximate surface area is 181 Å². The minimum Gasteiger partial charge on any atom is -0.548 e. The lowest BCUT2D eigenvalue weighted by molar-refractivity contribution is -0.303. The van der Waals surface area contributed by atoms with E-state index in [1.54, 1.807) is 24.3 Å². The summed E-state index contributed by atoms with van der Waals surface area (Å²) in [5.74, 6) is -2.90. The predicted molar refractivity (Wildman–Crippen MR) is 110 cm³/mol. The van der Waals surface area contributed by atoms with Gasteiger partial charge in [-0.3, -0.25) is 14.2 Å². The van der Waals surface area contributed by atoms with Crippen LogP contribution in [-0.2, 0) is 14.6 Å². The Hall–Kier alpha value is -3.86. The van der Waals surface area contributed by atoms with Crippen LogP contribution in [0.2, 0.25) is 0 Å². The fourth-order valence-corrected chi connectivity index (χ4v) is 4.34. The van der Waals surface area contributed by atoms with Gasteiger partial charge in [-0.15, -0.1) is 0 Å². The van der Waals surface area contributed by atoms with Gasteiger partial charge in [0.05, 0.1) is 29.0 Å². The van der Waals surface area contributed by atoms with E-state index in [1.165, 1.54) is 22.8 Å². The number of amides is 1. The fourth-order valence-electron chi connectivity index (χ4n) is 3.70. The topological polar surface area (TPSA) is 155 Å². The molecule has 2 heterocycles. The number of nitrogens with one attached hydrogen (secondary N) is 1. The number of ether oxygens (including phenoxy) is 1. The molecule has 3 aromatic rings. The van der Waals surface area contributed by atoms with E-state index < -0.39 is 51.2 Å². The molecule has 0 spiro atoms. The van der Waals surface area contributed by atoms with Crippen LogP contribution in [0.25, 0.3) is 10.9 Å². The lowest BCUT2D eigenvalue weighted by Gasteiger charge is -2.29. The molecule has 2 N–H and O–H groups in total. The number of sulfone groups is 1. The number of para-hydroxylation sites is 1. The molecule has 0 radical (unpaired) electrons. The zero-order chi connectivity index (χ0) is 23.2. The van der Waals surface area contributed by atoms with Crippen molar-refractivity contribution in [1.82, 2.24) is 9.88 Å². The van der Waals surface area contributed by atoms with Crippen LogP contribution in [-0.4, -0.2) is 49.4 Å². The number of aromatic nitrogens is 1. The molecule has 10 nitrogen and oxygen atoms in total. The number of hydrogen-bond donors (Lipinski definition) is 2. The lowest BCUT2D eigenvalue weighted by Crippen LogP contribution is -2.42. The van der Waals surface area contributed by atoms with Crippen LogP contribution >= 0.6 is 0 Å². The van der Waals surface area contributed by atoms with Crippen molar-refractivity contribution in [2.75, 3.05) is 19.4 Å². The number of nitrogens with zero attached hydrogens (tertiary/aromatic N) is 1. The maximum Gasteiger partial charge on any atom is 0.268 e. The Kier molecular flexibility index (Phi) is 5.13. The van der Waals surface area contributed by atoms with Crippen molar-refractivity contribution < 1.29 is 33.0 Å². The van der Waals surface area contributed by atoms with E-state index in [0.717, 1.165) is 6.26 Å². The van der Waals surface area contributed by atoms with Gasteiger partial charge in [0.2, 0.25) is 0 Å². The highest BCUT2D eigenvalue weighted by atomic mass is 32.2. The van der Waals surface area contributed by atoms with Gasteiger partial charge in [0.1, 0.15) is 23.7 Å². The Morgan fingerprint density at radius 2 is 1.91 bits per heavy atom. The van der Waals surface area contributed by atoms with Crippen LogP contribution in [0.4, 0.5) is 0 Å². The van der Waals surface area contributed by atoms with Crippen molar-refractivity contribution >= 4 is 32.6 Å². The Morgan fingerprint density at radius 1 is 1.22 bits per heavy atom. The molecule has 166 valence electrons. The summed E-state index contributed by atoms with van der Waals surface area (Å²) < 4.78 is 30.6. The third-order valence-electron chi connectivity index (χ3n) is 5.19. The molecule has 0 bridgehead atoms. The standard InChI is InChI=1S/C21H18N2O8S/c1-32(29,30)12-7-5-11(6-8-12)14-10-31-15-4-2-3-13-18(15)23(14)21(28)17(19(13)26)20(27)22-9-16(24)25/h2-8,14,26H,9-10H2,1H3,(H,22,27)(H,24,25)/p-1. The van der Waals surface area contributed by atoms with E-state index >= 15 is 0 Å². The van der Waals surface area contributed by atoms with E-state index in [4.69, 9.17) is 4.74 Å². The lowest BCUT2D eigenvalue weighted by atomic mass is 10.0. The summed E-state index contributed by atoms with van der Waals surface area (Å²) in [6, 6.07) is 9.84. The van der Waals surface area contributed by atoms with Gasteiger partial charge in [-0.25, -0.2) is 8.42 Å². The molecule has 0 saturated carbocycles. The number of hydrogen-bond acceptors (Lipinski definition) is 8. The minimum absolute atomic E-state index is 0.00905. The first-order valence-electron chi connectivity index (χ1n) is 9.40. The summed E-state index contributed by atoms with van der Waals surface area (Å²) in [5.41, 5.74) is -0.661. The molecule has 1 aliphatic heterocycles. The molecule has 0 saturated heterocycles. The third kappa shape index (κ3) is 3.56. The number of aromatic hydroxyl groups is 1. The number of benzene rings is 2. The molecule has 4 rings (SSSR count). The van der Waals surface area contributed by atoms with Gasteiger partial charge < -0.3 is 25.1 Å². The number of pyridine rings is 1. The molecule has 1 amide bonds. The maximum atomic E-state index is 13.3. The van der Waals surface area contributed by atoms with Crippen LogP contribution in [0, 0.1) is 0 Å². The smallest absolute Gasteiger partial charge is 0.268 e. The maximum absolute atomic E-state index is 13.3. The van der Waals surface area contributed by atoms with Crippen LogP contribution in [0.5, 0.6) is 11.5 Å². The SMILES string of the molecule is CS(=O)(=O)c1ccc(C2COc3cccc4c(O)c(C(=O)NCC(=O)[O-])c(=O)n2c34)cc1. The van der Waals surface area contributed by atoms with Crippen LogP contribution in [0.1, 0.15) is 22.0 Å². The summed E-state index contributed by atoms with van der Waals surface area (Å²) in [6.07, 6.45) is 1.08. The van der Waals surface area contributed by atoms with Crippen molar-refractivity contribution in [3.63, 3.8) is 0 Å². The summed E-state index contributed by atoms with van der Waals surface area (Å²) in [4.78, 5) is 36.7. The number of aliphatic carboxylic acids is 1. The van der Waals surface area contributed by atoms with Gasteiger partial charge in [-0.05, 0) is 29.8 Å². The van der Waals surface area contributed by atoms with Gasteiger partial charge in [0, 0.05) is 11.6 Å². The first-order valence-corrected chi connectivity index (χ1v) is 11.3. The van der Waals surface area contributed by atoms with Gasteiger partial charge in [-0.2, -0.15) is 0 Å². The highest BCUT2D eigenvalue weighted by Crippen LogP contribution is 2.38. The van der Waals surface area contributed by atoms with Crippen molar-refractivity contribution in [3.8, 4) is 11.5 Å². The number of carbonyl (C=O) groups excluding carboxylic acids is 2. The van der Waals surface area contributed by atoms with Crippen molar-refractivity contribution in [3.05, 3.63) is 63.9 Å². The molecule has 2 aromatic carbocycles. The van der Waals surface area contributed by atoms with E-state index in [0.29, 0.717) is 11.3 Å². The first kappa shape index (κ1) is 21.4. The fraction of sp³-hybridized carbons (Fsp3) is 0.190. The van der Waals surface area contributed by atoms with Crippen molar-refractivity contribution in [2.45, 2.75) is 10.9 Å². The monoisotopic (exact) mass is 457 g/mol. The average Bonchev–Trinajstić information content (AvgIpc) is 2.75. The van der Waals surface area contributed by atoms with E-state index in [2.05, 4.69) is 0 Å². The zero-order valence-corrected chi connectivity index (χ0v) is 17.5. The van der Waals surface area contributed by atoms with Gasteiger partial charge in [0.25, 0.3) is 11.5 Å². The summed E-state index contributed by atoms with van der Waals surface area (Å²) in [5, 5.41) is 23.6. The summed E-state index contributed by atoms with van der Waals surface area (Å²) in [7, 11) is -3.42. The Morgan fingerprint density at radius 3 is 2.53 bits per heavy atom. The third-order valence-corrected chi connectivity index (χ3v) is 6.31. The Balaban J connectivity index is 1.93. The number of carboxylic acid groups (broad SMARTS) is 1. The highest BCUT2D eigenvalue weighted by Gasteiger charge is 2.31. The molecule has 1 atom stereocenters. The van der Waals surface area contributed by atoms with Crippen molar-refractivity contribution in [2.24, 2.45) is 0 Å². The normalized spacial score (nSPS) is 15.2. The second-order valence-electron chi connectivity index (χ2n) is 7.27. The summed E-state index contributed by atoms with van der Waals surface area (Å²) in [6.45, 7) is -0.829. The molecule has 1 aromatic heterocycles. The molecule has 0 aliphatic carbocycles. The Bertz CT molecular complexity index is 1420. The average molecular weight is 457 g/mol. The van der Waals surface area contributed by atoms with Crippen molar-refractivity contribution in [1.29, 1.82) is 0 Å². The van der Waals surface area contributed by atoms with E-state index in [-0.39, 0.29) is 22.4 Å². The summed E-state index contributed by atoms with van der Waals surface area (Å²) >= 11 is 0. The molecule has 0 fully saturated rings. The van der Waals surface area contributed by atoms with E-state index in [9.17, 15) is 33.0 Å². The number of rotatable bonds is 5. The number of carboxylic acids is 1. The van der Waals surface area contributed by atoms with Gasteiger partial charge in [0.15, 0.2) is 9.84 Å². The molecular weight excluding hydrogens is 440 g/mol. The van der Waals surface area contributed by atoms with Gasteiger partial charge in [-0.1, -0.05) is 18.2 Å². The second-order valence-corrected chi connectivity index (χ2v) is 9.29. The van der Waals surface area contributed by atoms with Gasteiger partial charge >= 0.3 is 0 Å². The van der Waals surface area contributed by atoms with Crippen LogP contribution < -0.4 is 20.7 Å². The molecular formula is C21H17N2O8S-. The highest BCUT2D eigenvalue weighted by molar-refractivity contribution is 7.90. The second kappa shape index (κ2) is 7.68. The largest absolute Gasteiger partial charge is 0.548 e. The quantitative estimate of drug-likeness (QED) is 0.523. The molecule has 11 heteroatoms. The first-order chi connectivity index (χ1) is 15.1. The predicted octanol–water partition coefficient (Wildman–Crippen LogP) is -0.428. The van der Waals surface area contributed by atoms with Crippen LogP contribution in [0.3, 0.4) is 0 Å². The zero-order valence-electron chi connectivity index (χ0n) is 16.7.